The van der Waals surface area contributed by atoms with Gasteiger partial charge in [0.15, 0.2) is 9.25 Å². The molecule has 7 rings (SSSR count). The van der Waals surface area contributed by atoms with Gasteiger partial charge in [-0.3, -0.25) is 4.79 Å². The van der Waals surface area contributed by atoms with E-state index in [2.05, 4.69) is 120 Å². The third-order valence-electron chi connectivity index (χ3n) is 7.86. The van der Waals surface area contributed by atoms with Crippen LogP contribution in [0.1, 0.15) is 43.7 Å². The molecular weight excluding hydrogens is 620 g/mol. The number of halogens is 1. The fourth-order valence-electron chi connectivity index (χ4n) is 5.75. The first-order chi connectivity index (χ1) is 20.4. The molecular formula is C36H27BrN2OS2. The Morgan fingerprint density at radius 1 is 0.690 bits per heavy atom. The third kappa shape index (κ3) is 4.36. The van der Waals surface area contributed by atoms with Crippen LogP contribution in [-0.2, 0) is 8.95 Å². The topological polar surface area (TPSA) is 32.7 Å². The molecule has 1 unspecified atom stereocenters. The van der Waals surface area contributed by atoms with Crippen molar-refractivity contribution in [2.24, 2.45) is 5.10 Å². The summed E-state index contributed by atoms with van der Waals surface area (Å²) in [5, 5.41) is 7.65. The first kappa shape index (κ1) is 27.3. The number of thioether (sulfide) groups is 2. The van der Waals surface area contributed by atoms with Gasteiger partial charge in [0.25, 0.3) is 0 Å². The fraction of sp³-hybridized carbons (Fsp3) is 0.111. The van der Waals surface area contributed by atoms with E-state index >= 15 is 0 Å². The van der Waals surface area contributed by atoms with Gasteiger partial charge in [0.05, 0.1) is 10.4 Å². The highest BCUT2D eigenvalue weighted by atomic mass is 79.9. The lowest BCUT2D eigenvalue weighted by Crippen LogP contribution is -2.34. The lowest BCUT2D eigenvalue weighted by molar-refractivity contribution is 0.106. The Morgan fingerprint density at radius 3 is 1.83 bits per heavy atom. The summed E-state index contributed by atoms with van der Waals surface area (Å²) >= 11 is 6.99. The fourth-order valence-corrected chi connectivity index (χ4v) is 9.64. The van der Waals surface area contributed by atoms with Crippen molar-refractivity contribution in [1.29, 1.82) is 0 Å². The van der Waals surface area contributed by atoms with Crippen LogP contribution in [0.3, 0.4) is 0 Å². The van der Waals surface area contributed by atoms with Crippen molar-refractivity contribution >= 4 is 56.0 Å². The molecule has 0 N–H and O–H groups in total. The van der Waals surface area contributed by atoms with Crippen molar-refractivity contribution < 1.29 is 4.79 Å². The minimum absolute atomic E-state index is 0.0687. The van der Waals surface area contributed by atoms with Crippen LogP contribution in [0.25, 0.3) is 0 Å². The quantitative estimate of drug-likeness (QED) is 0.178. The Kier molecular flexibility index (Phi) is 6.88. The zero-order chi connectivity index (χ0) is 28.9. The van der Waals surface area contributed by atoms with E-state index < -0.39 is 8.95 Å². The number of aryl methyl sites for hydroxylation is 2. The van der Waals surface area contributed by atoms with Crippen molar-refractivity contribution in [3.05, 3.63) is 171 Å². The van der Waals surface area contributed by atoms with Crippen LogP contribution in [0.4, 0.5) is 5.69 Å². The first-order valence-electron chi connectivity index (χ1n) is 13.8. The standard InChI is InChI=1S/C36H27BrN2OS2/c1-24-12-16-27(17-13-24)35(28-18-14-25(2)15-19-28)31-10-6-7-11-32(31)36(42-35)39(30-22-20-29(37)21-23-30)38-34(41-36)33(40)26-8-4-3-5-9-26/h3-23H,1-2H3. The number of carbonyl (C=O) groups excluding carboxylic acids is 1. The Hall–Kier alpha value is -3.58. The number of nitrogens with zero attached hydrogens (tertiary/aromatic N) is 2. The molecule has 3 nitrogen and oxygen atoms in total. The van der Waals surface area contributed by atoms with E-state index in [9.17, 15) is 4.79 Å². The van der Waals surface area contributed by atoms with E-state index in [-0.39, 0.29) is 5.78 Å². The van der Waals surface area contributed by atoms with E-state index in [1.54, 1.807) is 11.8 Å². The number of anilines is 1. The maximum absolute atomic E-state index is 13.9. The molecule has 0 saturated heterocycles. The molecule has 0 bridgehead atoms. The van der Waals surface area contributed by atoms with E-state index in [0.29, 0.717) is 10.6 Å². The SMILES string of the molecule is Cc1ccc(C2(c3ccc(C)cc3)SC3(SC(C(=O)c4ccccc4)=NN3c3ccc(Br)cc3)c3ccccc32)cc1. The Bertz CT molecular complexity index is 1770. The lowest BCUT2D eigenvalue weighted by atomic mass is 9.81. The van der Waals surface area contributed by atoms with Gasteiger partial charge >= 0.3 is 0 Å². The smallest absolute Gasteiger partial charge is 0.219 e. The van der Waals surface area contributed by atoms with Gasteiger partial charge in [-0.25, -0.2) is 5.01 Å². The van der Waals surface area contributed by atoms with Crippen LogP contribution in [-0.4, -0.2) is 10.8 Å². The lowest BCUT2D eigenvalue weighted by Gasteiger charge is -2.37. The summed E-state index contributed by atoms with van der Waals surface area (Å²) < 4.78 is -0.260. The molecule has 1 spiro atoms. The maximum Gasteiger partial charge on any atom is 0.219 e. The molecule has 0 saturated carbocycles. The molecule has 0 radical (unpaired) electrons. The molecule has 206 valence electrons. The van der Waals surface area contributed by atoms with Crippen molar-refractivity contribution in [2.45, 2.75) is 22.8 Å². The summed E-state index contributed by atoms with van der Waals surface area (Å²) in [5.74, 6) is -0.0687. The first-order valence-corrected chi connectivity index (χ1v) is 16.2. The minimum atomic E-state index is -0.722. The normalized spacial score (nSPS) is 18.6. The second-order valence-corrected chi connectivity index (χ2v) is 14.4. The van der Waals surface area contributed by atoms with Crippen LogP contribution in [0.2, 0.25) is 0 Å². The molecule has 1 atom stereocenters. The Balaban J connectivity index is 1.48. The Morgan fingerprint density at radius 2 is 1.24 bits per heavy atom. The molecule has 0 aromatic heterocycles. The Labute approximate surface area is 263 Å². The van der Waals surface area contributed by atoms with E-state index in [4.69, 9.17) is 5.10 Å². The highest BCUT2D eigenvalue weighted by molar-refractivity contribution is 9.10. The monoisotopic (exact) mass is 646 g/mol. The zero-order valence-corrected chi connectivity index (χ0v) is 26.3. The van der Waals surface area contributed by atoms with Crippen LogP contribution >= 0.6 is 39.5 Å². The zero-order valence-electron chi connectivity index (χ0n) is 23.1. The van der Waals surface area contributed by atoms with Gasteiger partial charge in [0.1, 0.15) is 0 Å². The van der Waals surface area contributed by atoms with Gasteiger partial charge in [-0.15, -0.1) is 0 Å². The second kappa shape index (κ2) is 10.6. The number of hydrogen-bond acceptors (Lipinski definition) is 5. The number of hydrogen-bond donors (Lipinski definition) is 0. The molecule has 0 amide bonds. The van der Waals surface area contributed by atoms with E-state index in [0.717, 1.165) is 15.7 Å². The van der Waals surface area contributed by atoms with Crippen LogP contribution in [0.5, 0.6) is 0 Å². The van der Waals surface area contributed by atoms with Gasteiger partial charge < -0.3 is 0 Å². The summed E-state index contributed by atoms with van der Waals surface area (Å²) in [4.78, 5) is 13.9. The van der Waals surface area contributed by atoms with E-state index in [1.165, 1.54) is 27.8 Å². The minimum Gasteiger partial charge on any atom is -0.286 e. The van der Waals surface area contributed by atoms with Gasteiger partial charge in [0, 0.05) is 15.6 Å². The molecule has 5 aromatic carbocycles. The van der Waals surface area contributed by atoms with Gasteiger partial charge in [0.2, 0.25) is 5.78 Å². The highest BCUT2D eigenvalue weighted by Gasteiger charge is 2.61. The predicted octanol–water partition coefficient (Wildman–Crippen LogP) is 9.66. The third-order valence-corrected chi connectivity index (χ3v) is 11.7. The number of Topliss-reactive ketones (excluding diaryl/α,β-unsaturated/α-hetero) is 1. The molecule has 5 aromatic rings. The molecule has 2 heterocycles. The van der Waals surface area contributed by atoms with Crippen molar-refractivity contribution in [3.63, 3.8) is 0 Å². The van der Waals surface area contributed by atoms with Crippen molar-refractivity contribution in [2.75, 3.05) is 5.01 Å². The summed E-state index contributed by atoms with van der Waals surface area (Å²) in [6.45, 7) is 4.24. The average Bonchev–Trinajstić information content (AvgIpc) is 3.55. The number of hydrazone groups is 1. The van der Waals surface area contributed by atoms with Gasteiger partial charge in [-0.2, -0.15) is 5.10 Å². The van der Waals surface area contributed by atoms with E-state index in [1.807, 2.05) is 54.2 Å². The summed E-state index contributed by atoms with van der Waals surface area (Å²) in [5.41, 5.74) is 8.74. The molecule has 6 heteroatoms. The summed E-state index contributed by atoms with van der Waals surface area (Å²) in [6, 6.07) is 44.0. The number of carbonyl (C=O) groups is 1. The molecule has 2 aliphatic heterocycles. The maximum atomic E-state index is 13.9. The number of ketones is 1. The number of fused-ring (bicyclic) bond motifs is 2. The van der Waals surface area contributed by atoms with Crippen molar-refractivity contribution in [1.82, 2.24) is 0 Å². The van der Waals surface area contributed by atoms with Crippen LogP contribution in [0.15, 0.2) is 137 Å². The van der Waals surface area contributed by atoms with Gasteiger partial charge in [-0.05, 0) is 54.8 Å². The average molecular weight is 648 g/mol. The second-order valence-electron chi connectivity index (χ2n) is 10.6. The number of benzene rings is 5. The molecule has 0 fully saturated rings. The van der Waals surface area contributed by atoms with Gasteiger partial charge in [-0.1, -0.05) is 154 Å². The van der Waals surface area contributed by atoms with Crippen LogP contribution in [0, 0.1) is 13.8 Å². The molecule has 42 heavy (non-hydrogen) atoms. The molecule has 2 aliphatic rings. The predicted molar refractivity (Wildman–Crippen MR) is 180 cm³/mol. The highest BCUT2D eigenvalue weighted by Crippen LogP contribution is 2.71. The van der Waals surface area contributed by atoms with Crippen molar-refractivity contribution in [3.8, 4) is 0 Å². The van der Waals surface area contributed by atoms with Crippen LogP contribution < -0.4 is 5.01 Å². The summed E-state index contributed by atoms with van der Waals surface area (Å²) in [7, 11) is 0. The summed E-state index contributed by atoms with van der Waals surface area (Å²) in [6.07, 6.45) is 0. The number of rotatable bonds is 5. The largest absolute Gasteiger partial charge is 0.286 e. The molecule has 0 aliphatic carbocycles.